The monoisotopic (exact) mass is 239 g/mol. The van der Waals surface area contributed by atoms with E-state index in [0.717, 1.165) is 23.4 Å². The van der Waals surface area contributed by atoms with Crippen molar-refractivity contribution in [3.63, 3.8) is 0 Å². The van der Waals surface area contributed by atoms with Crippen LogP contribution in [0, 0.1) is 5.92 Å². The summed E-state index contributed by atoms with van der Waals surface area (Å²) in [6.07, 6.45) is 3.31. The maximum Gasteiger partial charge on any atom is 0.163 e. The molecule has 2 heterocycles. The van der Waals surface area contributed by atoms with Crippen molar-refractivity contribution < 1.29 is 0 Å². The smallest absolute Gasteiger partial charge is 0.163 e. The lowest BCUT2D eigenvalue weighted by atomic mass is 10.2. The lowest BCUT2D eigenvalue weighted by Crippen LogP contribution is -2.13. The van der Waals surface area contributed by atoms with Crippen molar-refractivity contribution in [1.82, 2.24) is 19.7 Å². The van der Waals surface area contributed by atoms with Gasteiger partial charge in [0, 0.05) is 19.5 Å². The quantitative estimate of drug-likeness (QED) is 0.825. The molecule has 0 aliphatic carbocycles. The van der Waals surface area contributed by atoms with Crippen LogP contribution in [0.3, 0.4) is 0 Å². The molecule has 1 N–H and O–H groups in total. The van der Waals surface area contributed by atoms with Crippen molar-refractivity contribution in [3.05, 3.63) is 12.5 Å². The number of anilines is 1. The lowest BCUT2D eigenvalue weighted by Gasteiger charge is -2.09. The number of nitrogens with one attached hydrogen (secondary N) is 1. The molecule has 0 amide bonds. The Labute approximate surface area is 98.8 Å². The minimum atomic E-state index is 0.406. The Bertz CT molecular complexity index is 481. The fraction of sp³-hybridized carbons (Fsp3) is 0.500. The first-order valence-corrected chi connectivity index (χ1v) is 5.68. The first-order chi connectivity index (χ1) is 7.72. The van der Waals surface area contributed by atoms with Gasteiger partial charge in [-0.05, 0) is 5.92 Å². The van der Waals surface area contributed by atoms with Crippen LogP contribution in [0.25, 0.3) is 11.0 Å². The standard InChI is InChI=1S/C10H14ClN5/c1-7(3-11)4-12-9-8-5-15-16(2)10(8)14-6-13-9/h5-7H,3-4H2,1-2H3,(H,12,13,14). The molecule has 0 radical (unpaired) electrons. The number of hydrogen-bond acceptors (Lipinski definition) is 4. The van der Waals surface area contributed by atoms with E-state index in [9.17, 15) is 0 Å². The summed E-state index contributed by atoms with van der Waals surface area (Å²) in [5.74, 6) is 1.85. The van der Waals surface area contributed by atoms with Gasteiger partial charge in [-0.25, -0.2) is 9.97 Å². The first-order valence-electron chi connectivity index (χ1n) is 5.15. The molecule has 2 aromatic heterocycles. The third-order valence-electron chi connectivity index (χ3n) is 2.41. The fourth-order valence-corrected chi connectivity index (χ4v) is 1.54. The molecular weight excluding hydrogens is 226 g/mol. The van der Waals surface area contributed by atoms with E-state index in [0.29, 0.717) is 11.8 Å². The van der Waals surface area contributed by atoms with Crippen LogP contribution in [0.2, 0.25) is 0 Å². The van der Waals surface area contributed by atoms with Crippen molar-refractivity contribution in [1.29, 1.82) is 0 Å². The molecule has 5 nitrogen and oxygen atoms in total. The molecule has 0 aromatic carbocycles. The molecule has 1 atom stereocenters. The summed E-state index contributed by atoms with van der Waals surface area (Å²) < 4.78 is 1.73. The topological polar surface area (TPSA) is 55.6 Å². The maximum atomic E-state index is 5.75. The Morgan fingerprint density at radius 3 is 3.06 bits per heavy atom. The van der Waals surface area contributed by atoms with Crippen LogP contribution in [0.15, 0.2) is 12.5 Å². The number of aromatic nitrogens is 4. The maximum absolute atomic E-state index is 5.75. The zero-order valence-electron chi connectivity index (χ0n) is 9.31. The van der Waals surface area contributed by atoms with E-state index >= 15 is 0 Å². The third-order valence-corrected chi connectivity index (χ3v) is 2.94. The lowest BCUT2D eigenvalue weighted by molar-refractivity contribution is 0.695. The van der Waals surface area contributed by atoms with E-state index in [4.69, 9.17) is 11.6 Å². The highest BCUT2D eigenvalue weighted by Crippen LogP contribution is 2.17. The summed E-state index contributed by atoms with van der Waals surface area (Å²) in [5.41, 5.74) is 0.830. The van der Waals surface area contributed by atoms with Gasteiger partial charge in [0.25, 0.3) is 0 Å². The van der Waals surface area contributed by atoms with Crippen LogP contribution in [0.5, 0.6) is 0 Å². The average Bonchev–Trinajstić information content (AvgIpc) is 2.69. The van der Waals surface area contributed by atoms with Gasteiger partial charge in [-0.15, -0.1) is 11.6 Å². The molecule has 86 valence electrons. The van der Waals surface area contributed by atoms with Crippen molar-refractivity contribution in [3.8, 4) is 0 Å². The van der Waals surface area contributed by atoms with Crippen LogP contribution in [-0.2, 0) is 7.05 Å². The van der Waals surface area contributed by atoms with Gasteiger partial charge in [0.1, 0.15) is 12.1 Å². The van der Waals surface area contributed by atoms with Gasteiger partial charge in [-0.3, -0.25) is 4.68 Å². The molecule has 0 saturated heterocycles. The third kappa shape index (κ3) is 2.09. The molecular formula is C10H14ClN5. The molecule has 0 fully saturated rings. The molecule has 0 spiro atoms. The van der Waals surface area contributed by atoms with Gasteiger partial charge in [-0.2, -0.15) is 5.10 Å². The normalized spacial score (nSPS) is 12.9. The number of fused-ring (bicyclic) bond motifs is 1. The molecule has 16 heavy (non-hydrogen) atoms. The van der Waals surface area contributed by atoms with Gasteiger partial charge < -0.3 is 5.32 Å². The van der Waals surface area contributed by atoms with E-state index in [1.54, 1.807) is 10.9 Å². The largest absolute Gasteiger partial charge is 0.369 e. The summed E-state index contributed by atoms with van der Waals surface area (Å²) in [7, 11) is 1.86. The molecule has 0 aliphatic heterocycles. The Kier molecular flexibility index (Phi) is 3.24. The molecule has 0 aliphatic rings. The SMILES string of the molecule is CC(CCl)CNc1ncnc2c1cnn2C. The average molecular weight is 240 g/mol. The molecule has 1 unspecified atom stereocenters. The molecule has 2 rings (SSSR count). The highest BCUT2D eigenvalue weighted by molar-refractivity contribution is 6.18. The fourth-order valence-electron chi connectivity index (χ4n) is 1.43. The van der Waals surface area contributed by atoms with E-state index in [1.165, 1.54) is 6.33 Å². The summed E-state index contributed by atoms with van der Waals surface area (Å²) in [6, 6.07) is 0. The second-order valence-corrected chi connectivity index (χ2v) is 4.18. The summed E-state index contributed by atoms with van der Waals surface area (Å²) in [5, 5.41) is 8.35. The van der Waals surface area contributed by atoms with Crippen molar-refractivity contribution in [2.24, 2.45) is 13.0 Å². The van der Waals surface area contributed by atoms with Crippen LogP contribution in [-0.4, -0.2) is 32.2 Å². The number of nitrogens with zero attached hydrogens (tertiary/aromatic N) is 4. The van der Waals surface area contributed by atoms with Gasteiger partial charge in [0.15, 0.2) is 5.65 Å². The molecule has 2 aromatic rings. The minimum Gasteiger partial charge on any atom is -0.369 e. The molecule has 6 heteroatoms. The predicted molar refractivity (Wildman–Crippen MR) is 64.7 cm³/mol. The van der Waals surface area contributed by atoms with Crippen LogP contribution in [0.1, 0.15) is 6.92 Å². The Balaban J connectivity index is 2.24. The predicted octanol–water partition coefficient (Wildman–Crippen LogP) is 1.65. The summed E-state index contributed by atoms with van der Waals surface area (Å²) in [4.78, 5) is 8.38. The molecule has 0 bridgehead atoms. The van der Waals surface area contributed by atoms with E-state index in [1.807, 2.05) is 7.05 Å². The van der Waals surface area contributed by atoms with Crippen LogP contribution in [0.4, 0.5) is 5.82 Å². The highest BCUT2D eigenvalue weighted by Gasteiger charge is 2.08. The van der Waals surface area contributed by atoms with Crippen LogP contribution >= 0.6 is 11.6 Å². The summed E-state index contributed by atoms with van der Waals surface area (Å²) >= 11 is 5.75. The van der Waals surface area contributed by atoms with Gasteiger partial charge in [-0.1, -0.05) is 6.92 Å². The number of alkyl halides is 1. The highest BCUT2D eigenvalue weighted by atomic mass is 35.5. The molecule has 0 saturated carbocycles. The second-order valence-electron chi connectivity index (χ2n) is 3.87. The minimum absolute atomic E-state index is 0.406. The van der Waals surface area contributed by atoms with E-state index in [2.05, 4.69) is 27.3 Å². The Morgan fingerprint density at radius 1 is 1.50 bits per heavy atom. The van der Waals surface area contributed by atoms with E-state index < -0.39 is 0 Å². The zero-order chi connectivity index (χ0) is 11.5. The Hall–Kier alpha value is -1.36. The first kappa shape index (κ1) is 11.1. The number of rotatable bonds is 4. The van der Waals surface area contributed by atoms with Gasteiger partial charge in [0.05, 0.1) is 11.6 Å². The van der Waals surface area contributed by atoms with E-state index in [-0.39, 0.29) is 0 Å². The summed E-state index contributed by atoms with van der Waals surface area (Å²) in [6.45, 7) is 2.88. The number of aryl methyl sites for hydroxylation is 1. The Morgan fingerprint density at radius 2 is 2.31 bits per heavy atom. The number of halogens is 1. The van der Waals surface area contributed by atoms with Crippen molar-refractivity contribution >= 4 is 28.5 Å². The second kappa shape index (κ2) is 4.65. The number of hydrogen-bond donors (Lipinski definition) is 1. The van der Waals surface area contributed by atoms with Gasteiger partial charge in [0.2, 0.25) is 0 Å². The zero-order valence-corrected chi connectivity index (χ0v) is 10.1. The van der Waals surface area contributed by atoms with Gasteiger partial charge >= 0.3 is 0 Å². The van der Waals surface area contributed by atoms with Crippen molar-refractivity contribution in [2.45, 2.75) is 6.92 Å². The van der Waals surface area contributed by atoms with Crippen molar-refractivity contribution in [2.75, 3.05) is 17.7 Å². The van der Waals surface area contributed by atoms with Crippen LogP contribution < -0.4 is 5.32 Å².